The smallest absolute Gasteiger partial charge is 0.220 e. The van der Waals surface area contributed by atoms with Crippen LogP contribution in [0.4, 0.5) is 0 Å². The van der Waals surface area contributed by atoms with Crippen LogP contribution in [0.25, 0.3) is 0 Å². The Labute approximate surface area is 117 Å². The van der Waals surface area contributed by atoms with Crippen molar-refractivity contribution in [1.29, 1.82) is 0 Å². The molecule has 0 aromatic heterocycles. The van der Waals surface area contributed by atoms with E-state index >= 15 is 0 Å². The Morgan fingerprint density at radius 1 is 1.21 bits per heavy atom. The van der Waals surface area contributed by atoms with E-state index in [2.05, 4.69) is 44.8 Å². The normalized spacial score (nSPS) is 20.9. The van der Waals surface area contributed by atoms with E-state index in [1.165, 1.54) is 0 Å². The number of amides is 1. The molecule has 1 heterocycles. The average Bonchev–Trinajstić information content (AvgIpc) is 2.35. The van der Waals surface area contributed by atoms with Gasteiger partial charge in [0.1, 0.15) is 0 Å². The van der Waals surface area contributed by atoms with Gasteiger partial charge in [-0.2, -0.15) is 0 Å². The van der Waals surface area contributed by atoms with E-state index in [1.807, 2.05) is 0 Å². The summed E-state index contributed by atoms with van der Waals surface area (Å²) in [4.78, 5) is 14.4. The summed E-state index contributed by atoms with van der Waals surface area (Å²) in [6.45, 7) is 14.9. The Hall–Kier alpha value is -0.610. The molecule has 4 heteroatoms. The number of hydrogen-bond acceptors (Lipinski definition) is 3. The van der Waals surface area contributed by atoms with Crippen LogP contribution in [0.3, 0.4) is 0 Å². The molecule has 0 radical (unpaired) electrons. The zero-order chi connectivity index (χ0) is 14.5. The summed E-state index contributed by atoms with van der Waals surface area (Å²) >= 11 is 0. The van der Waals surface area contributed by atoms with Crippen LogP contribution < -0.4 is 5.32 Å². The van der Waals surface area contributed by atoms with Crippen LogP contribution in [0.1, 0.15) is 47.5 Å². The van der Waals surface area contributed by atoms with E-state index in [4.69, 9.17) is 4.74 Å². The van der Waals surface area contributed by atoms with Gasteiger partial charge >= 0.3 is 0 Å². The summed E-state index contributed by atoms with van der Waals surface area (Å²) < 4.78 is 5.40. The van der Waals surface area contributed by atoms with Gasteiger partial charge in [0.15, 0.2) is 0 Å². The minimum atomic E-state index is 0.0390. The minimum Gasteiger partial charge on any atom is -0.379 e. The summed E-state index contributed by atoms with van der Waals surface area (Å²) in [5, 5.41) is 3.11. The quantitative estimate of drug-likeness (QED) is 0.831. The second-order valence-electron chi connectivity index (χ2n) is 6.96. The molecule has 0 aromatic carbocycles. The number of morpholine rings is 1. The van der Waals surface area contributed by atoms with Gasteiger partial charge in [-0.15, -0.1) is 0 Å². The highest BCUT2D eigenvalue weighted by atomic mass is 16.5. The van der Waals surface area contributed by atoms with Crippen molar-refractivity contribution in [1.82, 2.24) is 10.2 Å². The van der Waals surface area contributed by atoms with Crippen molar-refractivity contribution in [3.05, 3.63) is 0 Å². The molecule has 19 heavy (non-hydrogen) atoms. The van der Waals surface area contributed by atoms with E-state index in [0.29, 0.717) is 6.42 Å². The predicted molar refractivity (Wildman–Crippen MR) is 78.2 cm³/mol. The molecule has 1 amide bonds. The minimum absolute atomic E-state index is 0.0390. The Kier molecular flexibility index (Phi) is 5.81. The standard InChI is InChI=1S/C15H30N2O2/c1-6-15(5,17-7-9-19-10-8-17)12-16-13(18)11-14(2,3)4/h6-12H2,1-5H3,(H,16,18)/t15-/m1/s1. The first-order valence-corrected chi connectivity index (χ1v) is 7.36. The van der Waals surface area contributed by atoms with Crippen LogP contribution in [-0.4, -0.2) is 49.2 Å². The number of nitrogens with one attached hydrogen (secondary N) is 1. The van der Waals surface area contributed by atoms with E-state index in [-0.39, 0.29) is 16.9 Å². The van der Waals surface area contributed by atoms with E-state index in [1.54, 1.807) is 0 Å². The number of hydrogen-bond donors (Lipinski definition) is 1. The molecule has 0 bridgehead atoms. The predicted octanol–water partition coefficient (Wildman–Crippen LogP) is 2.04. The van der Waals surface area contributed by atoms with Crippen molar-refractivity contribution in [3.8, 4) is 0 Å². The Morgan fingerprint density at radius 2 is 1.79 bits per heavy atom. The number of carbonyl (C=O) groups excluding carboxylic acids is 1. The first-order chi connectivity index (χ1) is 8.77. The molecule has 1 N–H and O–H groups in total. The van der Waals surface area contributed by atoms with Crippen molar-refractivity contribution < 1.29 is 9.53 Å². The lowest BCUT2D eigenvalue weighted by molar-refractivity contribution is -0.123. The maximum Gasteiger partial charge on any atom is 0.220 e. The third kappa shape index (κ3) is 5.49. The van der Waals surface area contributed by atoms with Crippen LogP contribution in [0, 0.1) is 5.41 Å². The average molecular weight is 270 g/mol. The highest BCUT2D eigenvalue weighted by molar-refractivity contribution is 5.76. The van der Waals surface area contributed by atoms with Crippen molar-refractivity contribution in [2.75, 3.05) is 32.8 Å². The van der Waals surface area contributed by atoms with Crippen LogP contribution in [0.2, 0.25) is 0 Å². The maximum atomic E-state index is 11.9. The van der Waals surface area contributed by atoms with Crippen molar-refractivity contribution in [3.63, 3.8) is 0 Å². The van der Waals surface area contributed by atoms with Gasteiger partial charge in [-0.05, 0) is 18.8 Å². The van der Waals surface area contributed by atoms with Crippen molar-refractivity contribution in [2.24, 2.45) is 5.41 Å². The van der Waals surface area contributed by atoms with Gasteiger partial charge in [0, 0.05) is 31.6 Å². The molecule has 1 saturated heterocycles. The van der Waals surface area contributed by atoms with Gasteiger partial charge in [-0.1, -0.05) is 27.7 Å². The lowest BCUT2D eigenvalue weighted by atomic mass is 9.91. The van der Waals surface area contributed by atoms with Gasteiger partial charge in [-0.3, -0.25) is 9.69 Å². The molecule has 0 spiro atoms. The van der Waals surface area contributed by atoms with Crippen LogP contribution in [0.15, 0.2) is 0 Å². The highest BCUT2D eigenvalue weighted by Gasteiger charge is 2.31. The number of rotatable bonds is 5. The Morgan fingerprint density at radius 3 is 2.26 bits per heavy atom. The van der Waals surface area contributed by atoms with E-state index in [0.717, 1.165) is 39.3 Å². The van der Waals surface area contributed by atoms with Gasteiger partial charge in [0.2, 0.25) is 5.91 Å². The van der Waals surface area contributed by atoms with E-state index < -0.39 is 0 Å². The fraction of sp³-hybridized carbons (Fsp3) is 0.933. The van der Waals surface area contributed by atoms with Crippen molar-refractivity contribution in [2.45, 2.75) is 53.0 Å². The third-order valence-electron chi connectivity index (χ3n) is 3.89. The summed E-state index contributed by atoms with van der Waals surface area (Å²) in [5.41, 5.74) is 0.0863. The van der Waals surface area contributed by atoms with Crippen molar-refractivity contribution >= 4 is 5.91 Å². The Balaban J connectivity index is 2.48. The second kappa shape index (κ2) is 6.71. The molecular formula is C15H30N2O2. The zero-order valence-electron chi connectivity index (χ0n) is 13.2. The van der Waals surface area contributed by atoms with Crippen LogP contribution >= 0.6 is 0 Å². The fourth-order valence-corrected chi connectivity index (χ4v) is 2.40. The number of carbonyl (C=O) groups is 1. The first-order valence-electron chi connectivity index (χ1n) is 7.36. The van der Waals surface area contributed by atoms with Crippen LogP contribution in [0.5, 0.6) is 0 Å². The molecule has 0 saturated carbocycles. The summed E-state index contributed by atoms with van der Waals surface area (Å²) in [5.74, 6) is 0.153. The molecule has 1 fully saturated rings. The van der Waals surface area contributed by atoms with Gasteiger partial charge < -0.3 is 10.1 Å². The SMILES string of the molecule is CC[C@](C)(CNC(=O)CC(C)(C)C)N1CCOCC1. The maximum absolute atomic E-state index is 11.9. The highest BCUT2D eigenvalue weighted by Crippen LogP contribution is 2.21. The summed E-state index contributed by atoms with van der Waals surface area (Å²) in [6, 6.07) is 0. The third-order valence-corrected chi connectivity index (χ3v) is 3.89. The molecule has 1 aliphatic heterocycles. The lowest BCUT2D eigenvalue weighted by Gasteiger charge is -2.43. The second-order valence-corrected chi connectivity index (χ2v) is 6.96. The summed E-state index contributed by atoms with van der Waals surface area (Å²) in [6.07, 6.45) is 1.61. The van der Waals surface area contributed by atoms with E-state index in [9.17, 15) is 4.79 Å². The topological polar surface area (TPSA) is 41.6 Å². The number of nitrogens with zero attached hydrogens (tertiary/aromatic N) is 1. The molecular weight excluding hydrogens is 240 g/mol. The van der Waals surface area contributed by atoms with Gasteiger partial charge in [0.25, 0.3) is 0 Å². The molecule has 0 aromatic rings. The molecule has 4 nitrogen and oxygen atoms in total. The Bertz CT molecular complexity index is 293. The van der Waals surface area contributed by atoms with Gasteiger partial charge in [0.05, 0.1) is 13.2 Å². The molecule has 0 aliphatic carbocycles. The summed E-state index contributed by atoms with van der Waals surface area (Å²) in [7, 11) is 0. The largest absolute Gasteiger partial charge is 0.379 e. The lowest BCUT2D eigenvalue weighted by Crippen LogP contribution is -2.57. The number of ether oxygens (including phenoxy) is 1. The molecule has 1 rings (SSSR count). The van der Waals surface area contributed by atoms with Gasteiger partial charge in [-0.25, -0.2) is 0 Å². The molecule has 0 unspecified atom stereocenters. The molecule has 1 atom stereocenters. The fourth-order valence-electron chi connectivity index (χ4n) is 2.40. The monoisotopic (exact) mass is 270 g/mol. The van der Waals surface area contributed by atoms with Crippen LogP contribution in [-0.2, 0) is 9.53 Å². The molecule has 112 valence electrons. The first kappa shape index (κ1) is 16.4. The molecule has 1 aliphatic rings. The zero-order valence-corrected chi connectivity index (χ0v) is 13.2.